The van der Waals surface area contributed by atoms with Crippen molar-refractivity contribution in [3.8, 4) is 0 Å². The van der Waals surface area contributed by atoms with Crippen molar-refractivity contribution in [2.24, 2.45) is 11.8 Å². The first-order valence-corrected chi connectivity index (χ1v) is 9.45. The summed E-state index contributed by atoms with van der Waals surface area (Å²) in [7, 11) is 1.40. The lowest BCUT2D eigenvalue weighted by Crippen LogP contribution is -2.53. The van der Waals surface area contributed by atoms with Gasteiger partial charge in [0.15, 0.2) is 0 Å². The lowest BCUT2D eigenvalue weighted by molar-refractivity contribution is -0.137. The maximum absolute atomic E-state index is 13.1. The summed E-state index contributed by atoms with van der Waals surface area (Å²) in [6.45, 7) is 8.02. The smallest absolute Gasteiger partial charge is 0.333 e. The van der Waals surface area contributed by atoms with Crippen molar-refractivity contribution in [2.45, 2.75) is 37.6 Å². The minimum absolute atomic E-state index is 0.0595. The van der Waals surface area contributed by atoms with Crippen LogP contribution in [-0.2, 0) is 19.7 Å². The van der Waals surface area contributed by atoms with E-state index in [9.17, 15) is 9.59 Å². The predicted octanol–water partition coefficient (Wildman–Crippen LogP) is 2.73. The van der Waals surface area contributed by atoms with E-state index in [0.717, 1.165) is 43.6 Å². The summed E-state index contributed by atoms with van der Waals surface area (Å²) in [5.74, 6) is 0.200. The number of hydrogen-bond donors (Lipinski definition) is 1. The fraction of sp³-hybridized carbons (Fsp3) is 0.524. The van der Waals surface area contributed by atoms with Crippen molar-refractivity contribution in [1.29, 1.82) is 0 Å². The first kappa shape index (κ1) is 17.3. The minimum atomic E-state index is -0.510. The molecule has 26 heavy (non-hydrogen) atoms. The maximum Gasteiger partial charge on any atom is 0.333 e. The van der Waals surface area contributed by atoms with Gasteiger partial charge >= 0.3 is 5.97 Å². The number of nitrogens with zero attached hydrogens (tertiary/aromatic N) is 1. The average molecular weight is 354 g/mol. The van der Waals surface area contributed by atoms with E-state index in [-0.39, 0.29) is 23.8 Å². The van der Waals surface area contributed by atoms with Gasteiger partial charge in [-0.05, 0) is 42.9 Å². The number of ether oxygens (including phenoxy) is 1. The van der Waals surface area contributed by atoms with Crippen LogP contribution < -0.4 is 5.32 Å². The molecule has 3 aliphatic heterocycles. The Kier molecular flexibility index (Phi) is 4.14. The summed E-state index contributed by atoms with van der Waals surface area (Å²) < 4.78 is 4.93. The highest BCUT2D eigenvalue weighted by molar-refractivity contribution is 6.07. The number of rotatable bonds is 3. The molecule has 0 saturated carbocycles. The van der Waals surface area contributed by atoms with Crippen molar-refractivity contribution >= 4 is 17.6 Å². The molecule has 3 aliphatic rings. The van der Waals surface area contributed by atoms with Gasteiger partial charge in [0.1, 0.15) is 0 Å². The van der Waals surface area contributed by atoms with Gasteiger partial charge in [0, 0.05) is 23.8 Å². The molecule has 2 fully saturated rings. The molecule has 0 unspecified atom stereocenters. The summed E-state index contributed by atoms with van der Waals surface area (Å²) in [6.07, 6.45) is 2.59. The highest BCUT2D eigenvalue weighted by Gasteiger charge is 2.59. The Balaban J connectivity index is 1.72. The molecule has 2 saturated heterocycles. The molecule has 0 bridgehead atoms. The summed E-state index contributed by atoms with van der Waals surface area (Å²) >= 11 is 0. The second-order valence-corrected chi connectivity index (χ2v) is 7.76. The number of esters is 1. The van der Waals surface area contributed by atoms with Gasteiger partial charge in [-0.1, -0.05) is 38.1 Å². The quantitative estimate of drug-likeness (QED) is 0.670. The van der Waals surface area contributed by atoms with E-state index in [1.54, 1.807) is 0 Å². The van der Waals surface area contributed by atoms with Gasteiger partial charge < -0.3 is 10.1 Å². The van der Waals surface area contributed by atoms with Gasteiger partial charge in [0.2, 0.25) is 5.91 Å². The highest BCUT2D eigenvalue weighted by Crippen LogP contribution is 2.53. The lowest BCUT2D eigenvalue weighted by Gasteiger charge is -2.45. The molecule has 1 spiro atoms. The third-order valence-electron chi connectivity index (χ3n) is 6.80. The van der Waals surface area contributed by atoms with Crippen LogP contribution in [0, 0.1) is 11.8 Å². The van der Waals surface area contributed by atoms with Crippen LogP contribution in [0.4, 0.5) is 5.69 Å². The topological polar surface area (TPSA) is 58.6 Å². The number of fused-ring (bicyclic) bond motifs is 4. The van der Waals surface area contributed by atoms with Crippen molar-refractivity contribution in [2.75, 3.05) is 25.5 Å². The number of para-hydroxylation sites is 1. The molecule has 1 aromatic carbocycles. The van der Waals surface area contributed by atoms with Gasteiger partial charge in [0.25, 0.3) is 0 Å². The molecule has 4 rings (SSSR count). The van der Waals surface area contributed by atoms with Crippen LogP contribution in [0.25, 0.3) is 0 Å². The molecule has 0 aliphatic carbocycles. The van der Waals surface area contributed by atoms with Crippen LogP contribution >= 0.6 is 0 Å². The number of carbonyl (C=O) groups excluding carboxylic acids is 2. The Morgan fingerprint density at radius 1 is 1.42 bits per heavy atom. The van der Waals surface area contributed by atoms with Crippen LogP contribution in [0.15, 0.2) is 36.4 Å². The zero-order valence-electron chi connectivity index (χ0n) is 15.5. The van der Waals surface area contributed by atoms with E-state index in [4.69, 9.17) is 4.74 Å². The SMILES string of the molecule is C=C(C(=O)OC)[C@@H]1C[C@H]2N(CC[C@]23C(=O)Nc2ccccc23)C[C@@H]1CC. The molecule has 1 N–H and O–H groups in total. The normalized spacial score (nSPS) is 32.8. The number of amides is 1. The molecule has 5 nitrogen and oxygen atoms in total. The molecule has 5 heteroatoms. The van der Waals surface area contributed by atoms with Gasteiger partial charge in [0.05, 0.1) is 12.5 Å². The van der Waals surface area contributed by atoms with Gasteiger partial charge in [-0.3, -0.25) is 9.69 Å². The van der Waals surface area contributed by atoms with Crippen molar-refractivity contribution in [3.63, 3.8) is 0 Å². The first-order valence-electron chi connectivity index (χ1n) is 9.45. The Bertz CT molecular complexity index is 774. The molecule has 0 radical (unpaired) electrons. The Morgan fingerprint density at radius 2 is 2.19 bits per heavy atom. The molecule has 138 valence electrons. The Hall–Kier alpha value is -2.14. The lowest BCUT2D eigenvalue weighted by atomic mass is 9.67. The largest absolute Gasteiger partial charge is 0.466 e. The first-order chi connectivity index (χ1) is 12.5. The molecule has 1 aromatic rings. The fourth-order valence-electron chi connectivity index (χ4n) is 5.42. The van der Waals surface area contributed by atoms with Crippen molar-refractivity contribution < 1.29 is 14.3 Å². The molecule has 0 aromatic heterocycles. The van der Waals surface area contributed by atoms with E-state index in [1.165, 1.54) is 7.11 Å². The number of piperidine rings is 1. The van der Waals surface area contributed by atoms with Gasteiger partial charge in [-0.15, -0.1) is 0 Å². The minimum Gasteiger partial charge on any atom is -0.466 e. The van der Waals surface area contributed by atoms with Crippen LogP contribution in [0.5, 0.6) is 0 Å². The Morgan fingerprint density at radius 3 is 2.92 bits per heavy atom. The number of carbonyl (C=O) groups is 2. The highest BCUT2D eigenvalue weighted by atomic mass is 16.5. The third kappa shape index (κ3) is 2.26. The number of nitrogens with one attached hydrogen (secondary N) is 1. The molecule has 3 heterocycles. The van der Waals surface area contributed by atoms with Crippen LogP contribution in [0.2, 0.25) is 0 Å². The average Bonchev–Trinajstić information content (AvgIpc) is 3.18. The third-order valence-corrected chi connectivity index (χ3v) is 6.80. The van der Waals surface area contributed by atoms with E-state index in [1.807, 2.05) is 18.2 Å². The fourth-order valence-corrected chi connectivity index (χ4v) is 5.42. The van der Waals surface area contributed by atoms with Crippen molar-refractivity contribution in [1.82, 2.24) is 4.90 Å². The molecule has 1 amide bonds. The number of methoxy groups -OCH3 is 1. The zero-order chi connectivity index (χ0) is 18.5. The van der Waals surface area contributed by atoms with Gasteiger partial charge in [-0.25, -0.2) is 4.79 Å². The van der Waals surface area contributed by atoms with E-state index in [0.29, 0.717) is 11.5 Å². The number of hydrogen-bond acceptors (Lipinski definition) is 4. The second kappa shape index (κ2) is 6.23. The maximum atomic E-state index is 13.1. The molecular weight excluding hydrogens is 328 g/mol. The second-order valence-electron chi connectivity index (χ2n) is 7.76. The summed E-state index contributed by atoms with van der Waals surface area (Å²) in [6, 6.07) is 8.12. The van der Waals surface area contributed by atoms with Crippen LogP contribution in [0.3, 0.4) is 0 Å². The standard InChI is InChI=1S/C21H26N2O3/c1-4-14-12-23-10-9-21(16-7-5-6-8-17(16)22-20(21)25)18(23)11-15(14)13(2)19(24)26-3/h5-8,14-15,18H,2,4,9-12H2,1,3H3,(H,22,25)/t14-,15-,18+,21+/m0/s1. The summed E-state index contributed by atoms with van der Waals surface area (Å²) in [5.41, 5.74) is 2.08. The molecular formula is C21H26N2O3. The van der Waals surface area contributed by atoms with E-state index < -0.39 is 5.41 Å². The van der Waals surface area contributed by atoms with Crippen LogP contribution in [0.1, 0.15) is 31.7 Å². The Labute approximate surface area is 154 Å². The summed E-state index contributed by atoms with van der Waals surface area (Å²) in [4.78, 5) is 27.7. The monoisotopic (exact) mass is 354 g/mol. The van der Waals surface area contributed by atoms with Gasteiger partial charge in [-0.2, -0.15) is 0 Å². The predicted molar refractivity (Wildman–Crippen MR) is 99.8 cm³/mol. The van der Waals surface area contributed by atoms with Crippen molar-refractivity contribution in [3.05, 3.63) is 42.0 Å². The van der Waals surface area contributed by atoms with E-state index >= 15 is 0 Å². The van der Waals surface area contributed by atoms with Crippen LogP contribution in [-0.4, -0.2) is 43.0 Å². The number of benzene rings is 1. The van der Waals surface area contributed by atoms with E-state index in [2.05, 4.69) is 29.8 Å². The zero-order valence-corrected chi connectivity index (χ0v) is 15.5. The molecule has 4 atom stereocenters. The number of anilines is 1. The summed E-state index contributed by atoms with van der Waals surface area (Å²) in [5, 5.41) is 3.09.